The third kappa shape index (κ3) is 2.48. The zero-order valence-electron chi connectivity index (χ0n) is 10.1. The molecule has 7 nitrogen and oxygen atoms in total. The standard InChI is InChI=1S/C11H10O7S2/c1-6-10(20(16,17)18)5-7-4-8(19(13,14)15)2-3-9(7)11(6)12/h2-5,12H,1H3,(H,13,14,15)(H,16,17,18). The van der Waals surface area contributed by atoms with Gasteiger partial charge in [-0.25, -0.2) is 0 Å². The number of hydrogen-bond donors (Lipinski definition) is 3. The number of rotatable bonds is 2. The Balaban J connectivity index is 2.94. The fraction of sp³-hybridized carbons (Fsp3) is 0.0909. The monoisotopic (exact) mass is 318 g/mol. The lowest BCUT2D eigenvalue weighted by atomic mass is 10.1. The van der Waals surface area contributed by atoms with E-state index in [1.54, 1.807) is 0 Å². The summed E-state index contributed by atoms with van der Waals surface area (Å²) in [5.41, 5.74) is -0.0559. The van der Waals surface area contributed by atoms with Gasteiger partial charge in [-0.2, -0.15) is 16.8 Å². The van der Waals surface area contributed by atoms with Crippen LogP contribution in [0.15, 0.2) is 34.1 Å². The molecule has 2 rings (SSSR count). The van der Waals surface area contributed by atoms with Crippen LogP contribution in [-0.4, -0.2) is 31.0 Å². The lowest BCUT2D eigenvalue weighted by molar-refractivity contribution is 0.466. The minimum Gasteiger partial charge on any atom is -0.507 e. The van der Waals surface area contributed by atoms with Gasteiger partial charge in [-0.15, -0.1) is 0 Å². The van der Waals surface area contributed by atoms with E-state index in [9.17, 15) is 21.9 Å². The van der Waals surface area contributed by atoms with Crippen LogP contribution in [0.4, 0.5) is 0 Å². The number of fused-ring (bicyclic) bond motifs is 1. The number of hydrogen-bond acceptors (Lipinski definition) is 5. The van der Waals surface area contributed by atoms with E-state index in [-0.39, 0.29) is 16.3 Å². The van der Waals surface area contributed by atoms with Gasteiger partial charge in [-0.3, -0.25) is 9.11 Å². The summed E-state index contributed by atoms with van der Waals surface area (Å²) in [5, 5.41) is 10.2. The molecule has 0 radical (unpaired) electrons. The van der Waals surface area contributed by atoms with Crippen LogP contribution >= 0.6 is 0 Å². The third-order valence-corrected chi connectivity index (χ3v) is 4.69. The van der Waals surface area contributed by atoms with Gasteiger partial charge in [0.1, 0.15) is 10.6 Å². The van der Waals surface area contributed by atoms with Gasteiger partial charge in [-0.05, 0) is 36.6 Å². The van der Waals surface area contributed by atoms with Gasteiger partial charge in [0, 0.05) is 10.9 Å². The van der Waals surface area contributed by atoms with Crippen molar-refractivity contribution >= 4 is 31.0 Å². The largest absolute Gasteiger partial charge is 0.507 e. The normalized spacial score (nSPS) is 12.8. The summed E-state index contributed by atoms with van der Waals surface area (Å²) < 4.78 is 62.5. The van der Waals surface area contributed by atoms with Gasteiger partial charge in [0.15, 0.2) is 0 Å². The Labute approximate surface area is 115 Å². The van der Waals surface area contributed by atoms with Gasteiger partial charge >= 0.3 is 0 Å². The van der Waals surface area contributed by atoms with Crippen molar-refractivity contribution in [1.29, 1.82) is 0 Å². The first-order chi connectivity index (χ1) is 9.01. The molecule has 0 amide bonds. The highest BCUT2D eigenvalue weighted by molar-refractivity contribution is 7.86. The van der Waals surface area contributed by atoms with E-state index in [0.717, 1.165) is 18.2 Å². The fourth-order valence-electron chi connectivity index (χ4n) is 1.87. The summed E-state index contributed by atoms with van der Waals surface area (Å²) in [6.07, 6.45) is 0. The highest BCUT2D eigenvalue weighted by Crippen LogP contribution is 2.34. The molecule has 0 heterocycles. The molecule has 0 spiro atoms. The zero-order valence-corrected chi connectivity index (χ0v) is 11.7. The Bertz CT molecular complexity index is 911. The molecule has 0 saturated heterocycles. The molecule has 2 aromatic rings. The average Bonchev–Trinajstić information content (AvgIpc) is 2.30. The first kappa shape index (κ1) is 14.7. The van der Waals surface area contributed by atoms with Crippen LogP contribution in [0.1, 0.15) is 5.56 Å². The maximum atomic E-state index is 11.2. The summed E-state index contributed by atoms with van der Waals surface area (Å²) in [6.45, 7) is 1.30. The molecule has 108 valence electrons. The number of aromatic hydroxyl groups is 1. The van der Waals surface area contributed by atoms with Crippen molar-refractivity contribution in [2.45, 2.75) is 16.7 Å². The molecule has 0 saturated carbocycles. The first-order valence-electron chi connectivity index (χ1n) is 5.23. The predicted octanol–water partition coefficient (Wildman–Crippen LogP) is 1.35. The van der Waals surface area contributed by atoms with Crippen molar-refractivity contribution in [2.24, 2.45) is 0 Å². The Hall–Kier alpha value is -1.68. The second-order valence-corrected chi connectivity index (χ2v) is 6.99. The van der Waals surface area contributed by atoms with Crippen LogP contribution in [0.5, 0.6) is 5.75 Å². The summed E-state index contributed by atoms with van der Waals surface area (Å²) in [7, 11) is -9.03. The van der Waals surface area contributed by atoms with Crippen molar-refractivity contribution in [3.63, 3.8) is 0 Å². The van der Waals surface area contributed by atoms with Gasteiger partial charge < -0.3 is 5.11 Å². The quantitative estimate of drug-likeness (QED) is 0.713. The molecule has 20 heavy (non-hydrogen) atoms. The molecular weight excluding hydrogens is 308 g/mol. The maximum absolute atomic E-state index is 11.2. The number of phenolic OH excluding ortho intramolecular Hbond substituents is 1. The molecule has 3 N–H and O–H groups in total. The van der Waals surface area contributed by atoms with Crippen molar-refractivity contribution in [1.82, 2.24) is 0 Å². The second-order valence-electron chi connectivity index (χ2n) is 4.18. The summed E-state index contributed by atoms with van der Waals surface area (Å²) >= 11 is 0. The average molecular weight is 318 g/mol. The van der Waals surface area contributed by atoms with E-state index < -0.39 is 35.8 Å². The topological polar surface area (TPSA) is 129 Å². The van der Waals surface area contributed by atoms with Crippen LogP contribution in [0.2, 0.25) is 0 Å². The molecule has 0 aliphatic rings. The zero-order chi connectivity index (χ0) is 15.3. The summed E-state index contributed by atoms with van der Waals surface area (Å²) in [5.74, 6) is -0.392. The van der Waals surface area contributed by atoms with Crippen LogP contribution in [0.25, 0.3) is 10.8 Å². The lowest BCUT2D eigenvalue weighted by Gasteiger charge is -2.09. The SMILES string of the molecule is Cc1c(S(=O)(=O)O)cc2cc(S(=O)(=O)O)ccc2c1O. The van der Waals surface area contributed by atoms with Gasteiger partial charge in [0.2, 0.25) is 0 Å². The molecule has 0 unspecified atom stereocenters. The van der Waals surface area contributed by atoms with Gasteiger partial charge in [0.05, 0.1) is 4.90 Å². The Morgan fingerprint density at radius 1 is 0.950 bits per heavy atom. The summed E-state index contributed by atoms with van der Waals surface area (Å²) in [6, 6.07) is 4.32. The maximum Gasteiger partial charge on any atom is 0.294 e. The molecule has 0 aliphatic carbocycles. The first-order valence-corrected chi connectivity index (χ1v) is 8.11. The third-order valence-electron chi connectivity index (χ3n) is 2.87. The van der Waals surface area contributed by atoms with Crippen molar-refractivity contribution < 1.29 is 31.0 Å². The van der Waals surface area contributed by atoms with E-state index >= 15 is 0 Å². The van der Waals surface area contributed by atoms with E-state index in [2.05, 4.69) is 0 Å². The van der Waals surface area contributed by atoms with Gasteiger partial charge in [0.25, 0.3) is 20.2 Å². The Kier molecular flexibility index (Phi) is 3.25. The van der Waals surface area contributed by atoms with Crippen LogP contribution in [0, 0.1) is 6.92 Å². The molecule has 0 bridgehead atoms. The lowest BCUT2D eigenvalue weighted by Crippen LogP contribution is -2.02. The van der Waals surface area contributed by atoms with E-state index in [1.807, 2.05) is 0 Å². The van der Waals surface area contributed by atoms with E-state index in [4.69, 9.17) is 9.11 Å². The van der Waals surface area contributed by atoms with Crippen LogP contribution in [-0.2, 0) is 20.2 Å². The highest BCUT2D eigenvalue weighted by Gasteiger charge is 2.19. The van der Waals surface area contributed by atoms with Crippen molar-refractivity contribution in [2.75, 3.05) is 0 Å². The van der Waals surface area contributed by atoms with Crippen molar-refractivity contribution in [3.8, 4) is 5.75 Å². The molecule has 0 fully saturated rings. The minimum atomic E-state index is -4.57. The smallest absolute Gasteiger partial charge is 0.294 e. The predicted molar refractivity (Wildman–Crippen MR) is 70.0 cm³/mol. The highest BCUT2D eigenvalue weighted by atomic mass is 32.2. The second kappa shape index (κ2) is 4.42. The van der Waals surface area contributed by atoms with Crippen LogP contribution in [0.3, 0.4) is 0 Å². The number of benzene rings is 2. The molecule has 2 aromatic carbocycles. The molecule has 0 atom stereocenters. The molecule has 0 aliphatic heterocycles. The van der Waals surface area contributed by atoms with E-state index in [0.29, 0.717) is 0 Å². The minimum absolute atomic E-state index is 0.0517. The Morgan fingerprint density at radius 3 is 2.05 bits per heavy atom. The number of phenols is 1. The molecule has 0 aromatic heterocycles. The molecule has 9 heteroatoms. The van der Waals surface area contributed by atoms with E-state index in [1.165, 1.54) is 13.0 Å². The van der Waals surface area contributed by atoms with Crippen molar-refractivity contribution in [3.05, 3.63) is 29.8 Å². The van der Waals surface area contributed by atoms with Crippen LogP contribution < -0.4 is 0 Å². The van der Waals surface area contributed by atoms with Gasteiger partial charge in [-0.1, -0.05) is 0 Å². The fourth-order valence-corrected chi connectivity index (χ4v) is 3.15. The summed E-state index contributed by atoms with van der Waals surface area (Å²) in [4.78, 5) is -0.982. The molecular formula is C11H10O7S2. The Morgan fingerprint density at radius 2 is 1.55 bits per heavy atom.